The van der Waals surface area contributed by atoms with Crippen molar-refractivity contribution in [2.45, 2.75) is 49.4 Å². The molecule has 230 valence electrons. The molecule has 0 saturated carbocycles. The van der Waals surface area contributed by atoms with Gasteiger partial charge in [-0.25, -0.2) is 13.2 Å². The van der Waals surface area contributed by atoms with Crippen LogP contribution in [0.4, 0.5) is 0 Å². The molecular weight excluding hydrogens is 585 g/mol. The number of rotatable bonds is 14. The van der Waals surface area contributed by atoms with Crippen LogP contribution in [0.5, 0.6) is 0 Å². The number of aliphatic carboxylic acids is 1. The first-order valence-electron chi connectivity index (χ1n) is 14.3. The van der Waals surface area contributed by atoms with Gasteiger partial charge in [-0.05, 0) is 59.7 Å². The predicted molar refractivity (Wildman–Crippen MR) is 172 cm³/mol. The minimum atomic E-state index is -3.39. The van der Waals surface area contributed by atoms with E-state index in [2.05, 4.69) is 34.5 Å². The van der Waals surface area contributed by atoms with Crippen molar-refractivity contribution in [2.75, 3.05) is 32.3 Å². The molecule has 1 amide bonds. The summed E-state index contributed by atoms with van der Waals surface area (Å²) in [7, 11) is -1.66. The number of ether oxygens (including phenoxy) is 1. The molecule has 0 aromatic heterocycles. The van der Waals surface area contributed by atoms with Crippen molar-refractivity contribution < 1.29 is 27.9 Å². The summed E-state index contributed by atoms with van der Waals surface area (Å²) in [4.78, 5) is 27.8. The highest BCUT2D eigenvalue weighted by Gasteiger charge is 2.32. The fourth-order valence-electron chi connectivity index (χ4n) is 5.45. The number of carbonyl (C=O) groups is 2. The Morgan fingerprint density at radius 3 is 2.44 bits per heavy atom. The highest BCUT2D eigenvalue weighted by Crippen LogP contribution is 2.33. The minimum Gasteiger partial charge on any atom is -0.480 e. The van der Waals surface area contributed by atoms with Crippen LogP contribution in [0.3, 0.4) is 0 Å². The average molecular weight is 625 g/mol. The minimum absolute atomic E-state index is 0.211. The maximum absolute atomic E-state index is 13.5. The largest absolute Gasteiger partial charge is 0.480 e. The van der Waals surface area contributed by atoms with E-state index in [4.69, 9.17) is 4.74 Å². The molecule has 2 N–H and O–H groups in total. The molecule has 1 aliphatic heterocycles. The summed E-state index contributed by atoms with van der Waals surface area (Å²) in [6, 6.07) is 22.9. The number of likely N-dealkylation sites (tertiary alicyclic amines) is 1. The number of methoxy groups -OCH3 is 1. The molecule has 0 spiro atoms. The number of thioether (sulfide) groups is 1. The SMILES string of the molecule is COC[C@H]1C[C@@H](SCc2ccccc2)CN1Cc1ccc(C(=O)N[C@@H](CCS(C)(=O)=O)C(=O)O)c(-c2ccccc2C)c1. The number of nitrogens with one attached hydrogen (secondary N) is 1. The topological polar surface area (TPSA) is 113 Å². The second-order valence-electron chi connectivity index (χ2n) is 11.2. The van der Waals surface area contributed by atoms with Crippen molar-refractivity contribution >= 4 is 33.5 Å². The molecule has 43 heavy (non-hydrogen) atoms. The third-order valence-corrected chi connectivity index (χ3v) is 10.00. The monoisotopic (exact) mass is 624 g/mol. The highest BCUT2D eigenvalue weighted by molar-refractivity contribution is 7.99. The van der Waals surface area contributed by atoms with Crippen molar-refractivity contribution in [3.63, 3.8) is 0 Å². The second kappa shape index (κ2) is 15.0. The van der Waals surface area contributed by atoms with Crippen LogP contribution in [0.2, 0.25) is 0 Å². The summed E-state index contributed by atoms with van der Waals surface area (Å²) in [6.45, 7) is 4.22. The smallest absolute Gasteiger partial charge is 0.326 e. The number of aryl methyl sites for hydroxylation is 1. The Balaban J connectivity index is 1.56. The van der Waals surface area contributed by atoms with Crippen LogP contribution in [0, 0.1) is 6.92 Å². The van der Waals surface area contributed by atoms with E-state index in [0.717, 1.165) is 41.7 Å². The van der Waals surface area contributed by atoms with Gasteiger partial charge in [-0.1, -0.05) is 60.7 Å². The summed E-state index contributed by atoms with van der Waals surface area (Å²) in [5.74, 6) is -1.20. The molecule has 3 aromatic carbocycles. The molecular formula is C33H40N2O6S2. The Morgan fingerprint density at radius 2 is 1.77 bits per heavy atom. The lowest BCUT2D eigenvalue weighted by molar-refractivity contribution is -0.139. The van der Waals surface area contributed by atoms with Crippen LogP contribution in [0.1, 0.15) is 39.9 Å². The first-order chi connectivity index (χ1) is 20.5. The zero-order valence-electron chi connectivity index (χ0n) is 24.9. The van der Waals surface area contributed by atoms with Gasteiger partial charge >= 0.3 is 5.97 Å². The molecule has 1 fully saturated rings. The molecule has 0 unspecified atom stereocenters. The maximum Gasteiger partial charge on any atom is 0.326 e. The Labute approximate surface area is 258 Å². The molecule has 1 heterocycles. The van der Waals surface area contributed by atoms with Crippen molar-refractivity contribution in [3.8, 4) is 11.1 Å². The van der Waals surface area contributed by atoms with E-state index in [1.165, 1.54) is 5.56 Å². The Morgan fingerprint density at radius 1 is 1.05 bits per heavy atom. The summed E-state index contributed by atoms with van der Waals surface area (Å²) >= 11 is 1.97. The standard InChI is InChI=1S/C33H40N2O6S2/c1-23-9-7-8-12-28(23)30-17-25(13-14-29(30)32(36)34-31(33(37)38)15-16-43(3,39)40)19-35-20-27(18-26(35)21-41-2)42-22-24-10-5-4-6-11-24/h4-14,17,26-27,31H,15-16,18-22H2,1-3H3,(H,34,36)(H,37,38)/t26-,27-,31+/m1/s1. The normalized spacial score (nSPS) is 17.9. The molecule has 3 aromatic rings. The third kappa shape index (κ3) is 9.40. The quantitative estimate of drug-likeness (QED) is 0.263. The van der Waals surface area contributed by atoms with Crippen LogP contribution in [0.15, 0.2) is 72.8 Å². The number of hydrogen-bond donors (Lipinski definition) is 2. The maximum atomic E-state index is 13.5. The lowest BCUT2D eigenvalue weighted by Gasteiger charge is -2.24. The lowest BCUT2D eigenvalue weighted by Crippen LogP contribution is -2.42. The van der Waals surface area contributed by atoms with Crippen molar-refractivity contribution in [1.29, 1.82) is 0 Å². The van der Waals surface area contributed by atoms with Gasteiger partial charge in [0.05, 0.1) is 12.4 Å². The van der Waals surface area contributed by atoms with E-state index in [1.54, 1.807) is 13.2 Å². The van der Waals surface area contributed by atoms with Gasteiger partial charge in [-0.3, -0.25) is 9.69 Å². The van der Waals surface area contributed by atoms with E-state index in [-0.39, 0.29) is 18.2 Å². The van der Waals surface area contributed by atoms with Gasteiger partial charge in [0, 0.05) is 49.1 Å². The van der Waals surface area contributed by atoms with Gasteiger partial charge in [0.1, 0.15) is 15.9 Å². The molecule has 3 atom stereocenters. The number of nitrogens with zero attached hydrogens (tertiary/aromatic N) is 1. The third-order valence-electron chi connectivity index (χ3n) is 7.71. The van der Waals surface area contributed by atoms with Gasteiger partial charge in [0.15, 0.2) is 0 Å². The van der Waals surface area contributed by atoms with Gasteiger partial charge in [-0.2, -0.15) is 11.8 Å². The first-order valence-corrected chi connectivity index (χ1v) is 17.4. The number of amides is 1. The van der Waals surface area contributed by atoms with E-state index >= 15 is 0 Å². The van der Waals surface area contributed by atoms with Crippen LogP contribution in [0.25, 0.3) is 11.1 Å². The Kier molecular flexibility index (Phi) is 11.4. The van der Waals surface area contributed by atoms with Gasteiger partial charge in [0.25, 0.3) is 5.91 Å². The first kappa shape index (κ1) is 32.7. The number of benzene rings is 3. The summed E-state index contributed by atoms with van der Waals surface area (Å²) in [5.41, 5.74) is 5.26. The van der Waals surface area contributed by atoms with E-state index < -0.39 is 27.8 Å². The molecule has 0 bridgehead atoms. The summed E-state index contributed by atoms with van der Waals surface area (Å²) in [5, 5.41) is 12.7. The zero-order valence-corrected chi connectivity index (χ0v) is 26.5. The van der Waals surface area contributed by atoms with Crippen LogP contribution in [-0.2, 0) is 31.7 Å². The van der Waals surface area contributed by atoms with E-state index in [1.807, 2.05) is 61.2 Å². The van der Waals surface area contributed by atoms with Crippen molar-refractivity contribution in [3.05, 3.63) is 95.1 Å². The zero-order chi connectivity index (χ0) is 31.0. The second-order valence-corrected chi connectivity index (χ2v) is 14.7. The number of carbonyl (C=O) groups excluding carboxylic acids is 1. The number of carboxylic acids is 1. The molecule has 4 rings (SSSR count). The Bertz CT molecular complexity index is 1510. The average Bonchev–Trinajstić information content (AvgIpc) is 3.35. The number of hydrogen-bond acceptors (Lipinski definition) is 7. The molecule has 8 nitrogen and oxygen atoms in total. The molecule has 1 aliphatic rings. The van der Waals surface area contributed by atoms with Gasteiger partial charge < -0.3 is 15.2 Å². The van der Waals surface area contributed by atoms with Crippen LogP contribution < -0.4 is 5.32 Å². The van der Waals surface area contributed by atoms with Gasteiger partial charge in [-0.15, -0.1) is 0 Å². The van der Waals surface area contributed by atoms with Gasteiger partial charge in [0.2, 0.25) is 0 Å². The van der Waals surface area contributed by atoms with E-state index in [0.29, 0.717) is 29.5 Å². The Hall–Kier alpha value is -3.18. The lowest BCUT2D eigenvalue weighted by atomic mass is 9.93. The van der Waals surface area contributed by atoms with Crippen molar-refractivity contribution in [1.82, 2.24) is 10.2 Å². The molecule has 10 heteroatoms. The predicted octanol–water partition coefficient (Wildman–Crippen LogP) is 4.80. The molecule has 1 saturated heterocycles. The van der Waals surface area contributed by atoms with Crippen LogP contribution in [-0.4, -0.2) is 79.9 Å². The van der Waals surface area contributed by atoms with Crippen molar-refractivity contribution in [2.24, 2.45) is 0 Å². The molecule has 0 aliphatic carbocycles. The fourth-order valence-corrected chi connectivity index (χ4v) is 7.39. The number of carboxylic acid groups (broad SMARTS) is 1. The highest BCUT2D eigenvalue weighted by atomic mass is 32.2. The summed E-state index contributed by atoms with van der Waals surface area (Å²) < 4.78 is 28.8. The van der Waals surface area contributed by atoms with Crippen LogP contribution >= 0.6 is 11.8 Å². The fraction of sp³-hybridized carbons (Fsp3) is 0.394. The molecule has 0 radical (unpaired) electrons. The summed E-state index contributed by atoms with van der Waals surface area (Å²) in [6.07, 6.45) is 1.86. The van der Waals surface area contributed by atoms with E-state index in [9.17, 15) is 23.1 Å². The number of sulfone groups is 1.